The van der Waals surface area contributed by atoms with Gasteiger partial charge in [0.15, 0.2) is 16.4 Å². The zero-order valence-corrected chi connectivity index (χ0v) is 14.0. The molecule has 0 N–H and O–H groups in total. The maximum atomic E-state index is 13.0. The van der Waals surface area contributed by atoms with E-state index in [9.17, 15) is 22.4 Å². The van der Waals surface area contributed by atoms with E-state index in [0.29, 0.717) is 12.0 Å². The summed E-state index contributed by atoms with van der Waals surface area (Å²) in [7, 11) is -1.60. The molecule has 0 unspecified atom stereocenters. The van der Waals surface area contributed by atoms with Gasteiger partial charge in [-0.1, -0.05) is 12.1 Å². The maximum Gasteiger partial charge on any atom is 0.331 e. The molecule has 0 aromatic heterocycles. The third kappa shape index (κ3) is 5.16. The van der Waals surface area contributed by atoms with Crippen LogP contribution in [-0.4, -0.2) is 56.4 Å². The predicted octanol–water partition coefficient (Wildman–Crippen LogP) is 1.03. The second-order valence-corrected chi connectivity index (χ2v) is 7.79. The maximum absolute atomic E-state index is 13.0. The first-order valence-electron chi connectivity index (χ1n) is 7.33. The van der Waals surface area contributed by atoms with E-state index in [-0.39, 0.29) is 17.5 Å². The first-order valence-corrected chi connectivity index (χ1v) is 9.15. The lowest BCUT2D eigenvalue weighted by molar-refractivity contribution is -0.148. The van der Waals surface area contributed by atoms with Crippen LogP contribution < -0.4 is 0 Å². The third-order valence-electron chi connectivity index (χ3n) is 3.75. The monoisotopic (exact) mass is 355 g/mol. The number of likely N-dealkylation sites (N-methyl/N-ethyl adjacent to an activating group) is 1. The van der Waals surface area contributed by atoms with Gasteiger partial charge in [0.1, 0.15) is 5.82 Å². The predicted molar refractivity (Wildman–Crippen MR) is 86.2 cm³/mol. The van der Waals surface area contributed by atoms with Crippen LogP contribution in [0.3, 0.4) is 0 Å². The lowest BCUT2D eigenvalue weighted by Gasteiger charge is -2.22. The molecule has 1 aliphatic heterocycles. The minimum Gasteiger partial charge on any atom is -0.452 e. The van der Waals surface area contributed by atoms with Gasteiger partial charge in [0, 0.05) is 19.2 Å². The highest BCUT2D eigenvalue weighted by Crippen LogP contribution is 2.16. The Morgan fingerprint density at radius 1 is 1.42 bits per heavy atom. The summed E-state index contributed by atoms with van der Waals surface area (Å²) in [5, 5.41) is 0. The average molecular weight is 355 g/mol. The molecule has 1 aliphatic rings. The molecular formula is C16H18FNO5S. The molecule has 1 aromatic rings. The van der Waals surface area contributed by atoms with Crippen LogP contribution in [0, 0.1) is 5.82 Å². The average Bonchev–Trinajstić information content (AvgIpc) is 2.90. The molecule has 0 aliphatic carbocycles. The molecule has 0 spiro atoms. The second-order valence-electron chi connectivity index (χ2n) is 5.56. The van der Waals surface area contributed by atoms with Gasteiger partial charge >= 0.3 is 5.97 Å². The number of sulfone groups is 1. The van der Waals surface area contributed by atoms with Crippen molar-refractivity contribution in [3.63, 3.8) is 0 Å². The van der Waals surface area contributed by atoms with E-state index in [2.05, 4.69) is 0 Å². The minimum absolute atomic E-state index is 0.0610. The fraction of sp³-hybridized carbons (Fsp3) is 0.375. The highest BCUT2D eigenvalue weighted by molar-refractivity contribution is 7.91. The molecule has 6 nitrogen and oxygen atoms in total. The molecule has 8 heteroatoms. The zero-order valence-electron chi connectivity index (χ0n) is 13.1. The number of hydrogen-bond donors (Lipinski definition) is 0. The normalized spacial score (nSPS) is 19.3. The molecule has 1 aromatic carbocycles. The largest absolute Gasteiger partial charge is 0.452 e. The summed E-state index contributed by atoms with van der Waals surface area (Å²) >= 11 is 0. The van der Waals surface area contributed by atoms with E-state index in [4.69, 9.17) is 4.74 Å². The first-order chi connectivity index (χ1) is 11.3. The van der Waals surface area contributed by atoms with Crippen molar-refractivity contribution in [1.29, 1.82) is 0 Å². The molecule has 2 rings (SSSR count). The molecule has 0 radical (unpaired) electrons. The summed E-state index contributed by atoms with van der Waals surface area (Å²) < 4.78 is 40.7. The number of carbonyl (C=O) groups excluding carboxylic acids is 2. The number of ether oxygens (including phenoxy) is 1. The molecule has 1 atom stereocenters. The van der Waals surface area contributed by atoms with Gasteiger partial charge in [-0.15, -0.1) is 0 Å². The Bertz CT molecular complexity index is 759. The summed E-state index contributed by atoms with van der Waals surface area (Å²) in [6.07, 6.45) is 2.86. The van der Waals surface area contributed by atoms with Crippen LogP contribution in [0.15, 0.2) is 30.3 Å². The lowest BCUT2D eigenvalue weighted by Crippen LogP contribution is -2.40. The summed E-state index contributed by atoms with van der Waals surface area (Å²) in [4.78, 5) is 24.8. The van der Waals surface area contributed by atoms with Crippen molar-refractivity contribution >= 4 is 27.8 Å². The number of nitrogens with zero attached hydrogens (tertiary/aromatic N) is 1. The standard InChI is InChI=1S/C16H18FNO5S/c1-18(14-7-8-24(21,22)11-14)15(19)10-23-16(20)6-5-12-3-2-4-13(17)9-12/h2-6,9,14H,7-8,10-11H2,1H3/b6-5+/t14-/m1/s1. The van der Waals surface area contributed by atoms with Crippen LogP contribution in [0.2, 0.25) is 0 Å². The van der Waals surface area contributed by atoms with Crippen molar-refractivity contribution in [2.24, 2.45) is 0 Å². The van der Waals surface area contributed by atoms with Crippen molar-refractivity contribution < 1.29 is 27.1 Å². The van der Waals surface area contributed by atoms with Gasteiger partial charge in [0.05, 0.1) is 11.5 Å². The Hall–Kier alpha value is -2.22. The minimum atomic E-state index is -3.09. The van der Waals surface area contributed by atoms with Crippen LogP contribution in [0.4, 0.5) is 4.39 Å². The summed E-state index contributed by atoms with van der Waals surface area (Å²) in [6, 6.07) is 5.28. The number of amides is 1. The molecule has 1 fully saturated rings. The quantitative estimate of drug-likeness (QED) is 0.582. The Morgan fingerprint density at radius 3 is 2.79 bits per heavy atom. The highest BCUT2D eigenvalue weighted by atomic mass is 32.2. The number of rotatable bonds is 5. The van der Waals surface area contributed by atoms with Gasteiger partial charge in [-0.2, -0.15) is 0 Å². The van der Waals surface area contributed by atoms with Crippen molar-refractivity contribution in [3.05, 3.63) is 41.7 Å². The van der Waals surface area contributed by atoms with Gasteiger partial charge in [-0.25, -0.2) is 17.6 Å². The number of hydrogen-bond acceptors (Lipinski definition) is 5. The first kappa shape index (κ1) is 18.1. The summed E-state index contributed by atoms with van der Waals surface area (Å²) in [6.45, 7) is -0.473. The molecule has 1 saturated heterocycles. The molecule has 1 heterocycles. The molecule has 130 valence electrons. The fourth-order valence-electron chi connectivity index (χ4n) is 2.34. The van der Waals surface area contributed by atoms with Crippen molar-refractivity contribution in [1.82, 2.24) is 4.90 Å². The van der Waals surface area contributed by atoms with Gasteiger partial charge < -0.3 is 9.64 Å². The third-order valence-corrected chi connectivity index (χ3v) is 5.50. The zero-order chi connectivity index (χ0) is 17.7. The molecule has 0 saturated carbocycles. The Morgan fingerprint density at radius 2 is 2.17 bits per heavy atom. The smallest absolute Gasteiger partial charge is 0.331 e. The second kappa shape index (κ2) is 7.57. The fourth-order valence-corrected chi connectivity index (χ4v) is 4.12. The van der Waals surface area contributed by atoms with Crippen LogP contribution in [0.25, 0.3) is 6.08 Å². The van der Waals surface area contributed by atoms with E-state index in [1.54, 1.807) is 6.07 Å². The van der Waals surface area contributed by atoms with E-state index < -0.39 is 34.1 Å². The van der Waals surface area contributed by atoms with Crippen LogP contribution in [0.1, 0.15) is 12.0 Å². The van der Waals surface area contributed by atoms with E-state index in [0.717, 1.165) is 6.08 Å². The number of esters is 1. The number of halogens is 1. The van der Waals surface area contributed by atoms with Crippen LogP contribution >= 0.6 is 0 Å². The van der Waals surface area contributed by atoms with Crippen LogP contribution in [-0.2, 0) is 24.2 Å². The van der Waals surface area contributed by atoms with Crippen LogP contribution in [0.5, 0.6) is 0 Å². The Kier molecular flexibility index (Phi) is 5.71. The summed E-state index contributed by atoms with van der Waals surface area (Å²) in [5.74, 6) is -1.63. The van der Waals surface area contributed by atoms with Gasteiger partial charge in [-0.3, -0.25) is 4.79 Å². The van der Waals surface area contributed by atoms with Gasteiger partial charge in [0.25, 0.3) is 5.91 Å². The lowest BCUT2D eigenvalue weighted by atomic mass is 10.2. The molecule has 0 bridgehead atoms. The van der Waals surface area contributed by atoms with Gasteiger partial charge in [0.2, 0.25) is 0 Å². The Labute approximate surface area is 139 Å². The highest BCUT2D eigenvalue weighted by Gasteiger charge is 2.32. The SMILES string of the molecule is CN(C(=O)COC(=O)/C=C/c1cccc(F)c1)[C@@H]1CCS(=O)(=O)C1. The molecular weight excluding hydrogens is 337 g/mol. The Balaban J connectivity index is 1.82. The van der Waals surface area contributed by atoms with Crippen molar-refractivity contribution in [3.8, 4) is 0 Å². The number of carbonyl (C=O) groups is 2. The summed E-state index contributed by atoms with van der Waals surface area (Å²) in [5.41, 5.74) is 0.492. The van der Waals surface area contributed by atoms with Crippen molar-refractivity contribution in [2.45, 2.75) is 12.5 Å². The topological polar surface area (TPSA) is 80.8 Å². The van der Waals surface area contributed by atoms with E-state index in [1.165, 1.54) is 36.2 Å². The van der Waals surface area contributed by atoms with Gasteiger partial charge in [-0.05, 0) is 30.2 Å². The van der Waals surface area contributed by atoms with E-state index >= 15 is 0 Å². The molecule has 24 heavy (non-hydrogen) atoms. The van der Waals surface area contributed by atoms with Crippen molar-refractivity contribution in [2.75, 3.05) is 25.2 Å². The molecule has 1 amide bonds. The number of benzene rings is 1. The van der Waals surface area contributed by atoms with E-state index in [1.807, 2.05) is 0 Å².